The van der Waals surface area contributed by atoms with Crippen LogP contribution in [-0.2, 0) is 0 Å². The Hall–Kier alpha value is -0.460. The lowest BCUT2D eigenvalue weighted by Gasteiger charge is -2.35. The van der Waals surface area contributed by atoms with E-state index in [4.69, 9.17) is 0 Å². The zero-order chi connectivity index (χ0) is 13.2. The summed E-state index contributed by atoms with van der Waals surface area (Å²) in [5.41, 5.74) is 0.218. The van der Waals surface area contributed by atoms with Crippen molar-refractivity contribution in [2.45, 2.75) is 25.4 Å². The van der Waals surface area contributed by atoms with E-state index in [-0.39, 0.29) is 5.78 Å². The molecule has 0 aromatic heterocycles. The van der Waals surface area contributed by atoms with Crippen LogP contribution < -0.4 is 0 Å². The SMILES string of the molecule is CC1(O)CCN(CC(=O)c2ccc(I)cc2)CC1. The number of hydrogen-bond acceptors (Lipinski definition) is 3. The van der Waals surface area contributed by atoms with E-state index in [1.165, 1.54) is 0 Å². The third kappa shape index (κ3) is 3.76. The van der Waals surface area contributed by atoms with E-state index in [9.17, 15) is 9.90 Å². The molecule has 0 bridgehead atoms. The van der Waals surface area contributed by atoms with Gasteiger partial charge in [0.05, 0.1) is 12.1 Å². The smallest absolute Gasteiger partial charge is 0.176 e. The molecule has 0 atom stereocenters. The van der Waals surface area contributed by atoms with Gasteiger partial charge in [0.2, 0.25) is 0 Å². The zero-order valence-electron chi connectivity index (χ0n) is 10.5. The zero-order valence-corrected chi connectivity index (χ0v) is 12.7. The van der Waals surface area contributed by atoms with Crippen LogP contribution in [0.25, 0.3) is 0 Å². The first kappa shape index (κ1) is 14.0. The molecule has 3 nitrogen and oxygen atoms in total. The summed E-state index contributed by atoms with van der Waals surface area (Å²) in [5.74, 6) is 0.160. The second-order valence-corrected chi connectivity index (χ2v) is 6.45. The molecular weight excluding hydrogens is 341 g/mol. The molecule has 0 amide bonds. The number of hydrogen-bond donors (Lipinski definition) is 1. The number of ketones is 1. The number of rotatable bonds is 3. The molecule has 0 unspecified atom stereocenters. The van der Waals surface area contributed by atoms with Crippen molar-refractivity contribution in [3.8, 4) is 0 Å². The summed E-state index contributed by atoms with van der Waals surface area (Å²) >= 11 is 2.23. The van der Waals surface area contributed by atoms with Crippen LogP contribution in [0.2, 0.25) is 0 Å². The Kier molecular flexibility index (Phi) is 4.40. The quantitative estimate of drug-likeness (QED) is 0.665. The van der Waals surface area contributed by atoms with Gasteiger partial charge in [0.15, 0.2) is 5.78 Å². The molecule has 0 radical (unpaired) electrons. The van der Waals surface area contributed by atoms with E-state index in [1.807, 2.05) is 31.2 Å². The van der Waals surface area contributed by atoms with Gasteiger partial charge in [0, 0.05) is 22.2 Å². The van der Waals surface area contributed by atoms with Crippen molar-refractivity contribution in [3.05, 3.63) is 33.4 Å². The molecule has 98 valence electrons. The molecule has 1 aromatic carbocycles. The van der Waals surface area contributed by atoms with Crippen LogP contribution in [0.5, 0.6) is 0 Å². The average molecular weight is 359 g/mol. The van der Waals surface area contributed by atoms with Crippen molar-refractivity contribution < 1.29 is 9.90 Å². The van der Waals surface area contributed by atoms with Crippen molar-refractivity contribution in [1.82, 2.24) is 4.90 Å². The number of nitrogens with zero attached hydrogens (tertiary/aromatic N) is 1. The molecule has 2 rings (SSSR count). The molecule has 1 aliphatic rings. The first-order valence-electron chi connectivity index (χ1n) is 6.20. The highest BCUT2D eigenvalue weighted by Gasteiger charge is 2.28. The lowest BCUT2D eigenvalue weighted by atomic mass is 9.93. The highest BCUT2D eigenvalue weighted by atomic mass is 127. The molecule has 1 fully saturated rings. The van der Waals surface area contributed by atoms with Crippen LogP contribution in [0.15, 0.2) is 24.3 Å². The summed E-state index contributed by atoms with van der Waals surface area (Å²) in [6, 6.07) is 7.66. The molecule has 1 aromatic rings. The van der Waals surface area contributed by atoms with Crippen LogP contribution in [0, 0.1) is 3.57 Å². The van der Waals surface area contributed by atoms with Crippen LogP contribution in [0.4, 0.5) is 0 Å². The van der Waals surface area contributed by atoms with Gasteiger partial charge < -0.3 is 5.11 Å². The molecular formula is C14H18INO2. The van der Waals surface area contributed by atoms with Crippen LogP contribution in [0.1, 0.15) is 30.1 Å². The fraction of sp³-hybridized carbons (Fsp3) is 0.500. The van der Waals surface area contributed by atoms with Gasteiger partial charge in [-0.1, -0.05) is 12.1 Å². The molecule has 1 saturated heterocycles. The molecule has 1 aliphatic heterocycles. The van der Waals surface area contributed by atoms with E-state index < -0.39 is 5.60 Å². The summed E-state index contributed by atoms with van der Waals surface area (Å²) in [7, 11) is 0. The summed E-state index contributed by atoms with van der Waals surface area (Å²) < 4.78 is 1.14. The summed E-state index contributed by atoms with van der Waals surface area (Å²) in [4.78, 5) is 14.2. The van der Waals surface area contributed by atoms with Crippen molar-refractivity contribution in [2.75, 3.05) is 19.6 Å². The standard InChI is InChI=1S/C14H18INO2/c1-14(18)6-8-16(9-7-14)10-13(17)11-2-4-12(15)5-3-11/h2-5,18H,6-10H2,1H3. The minimum absolute atomic E-state index is 0.160. The Morgan fingerprint density at radius 3 is 2.44 bits per heavy atom. The highest BCUT2D eigenvalue weighted by Crippen LogP contribution is 2.21. The molecule has 1 N–H and O–H groups in total. The number of benzene rings is 1. The largest absolute Gasteiger partial charge is 0.390 e. The minimum atomic E-state index is -0.553. The first-order valence-corrected chi connectivity index (χ1v) is 7.28. The second kappa shape index (κ2) is 5.67. The molecule has 4 heteroatoms. The van der Waals surface area contributed by atoms with Gasteiger partial charge in [-0.3, -0.25) is 9.69 Å². The average Bonchev–Trinajstić information content (AvgIpc) is 2.33. The van der Waals surface area contributed by atoms with Gasteiger partial charge in [-0.15, -0.1) is 0 Å². The third-order valence-corrected chi connectivity index (χ3v) is 4.19. The Balaban J connectivity index is 1.90. The Labute approximate surface area is 121 Å². The van der Waals surface area contributed by atoms with Gasteiger partial charge in [0.25, 0.3) is 0 Å². The Morgan fingerprint density at radius 2 is 1.89 bits per heavy atom. The monoisotopic (exact) mass is 359 g/mol. The fourth-order valence-corrected chi connectivity index (χ4v) is 2.48. The van der Waals surface area contributed by atoms with E-state index in [2.05, 4.69) is 27.5 Å². The summed E-state index contributed by atoms with van der Waals surface area (Å²) in [6.45, 7) is 3.91. The van der Waals surface area contributed by atoms with Gasteiger partial charge >= 0.3 is 0 Å². The predicted molar refractivity (Wildman–Crippen MR) is 79.8 cm³/mol. The molecule has 1 heterocycles. The van der Waals surface area contributed by atoms with Crippen molar-refractivity contribution >= 4 is 28.4 Å². The van der Waals surface area contributed by atoms with Crippen LogP contribution >= 0.6 is 22.6 Å². The maximum atomic E-state index is 12.1. The van der Waals surface area contributed by atoms with E-state index in [1.54, 1.807) is 0 Å². The van der Waals surface area contributed by atoms with Gasteiger partial charge in [0.1, 0.15) is 0 Å². The van der Waals surface area contributed by atoms with Gasteiger partial charge in [-0.25, -0.2) is 0 Å². The summed E-state index contributed by atoms with van der Waals surface area (Å²) in [6.07, 6.45) is 1.49. The van der Waals surface area contributed by atoms with Gasteiger partial charge in [-0.05, 0) is 54.5 Å². The lowest BCUT2D eigenvalue weighted by molar-refractivity contribution is -0.00420. The second-order valence-electron chi connectivity index (χ2n) is 5.20. The Morgan fingerprint density at radius 1 is 1.33 bits per heavy atom. The number of halogens is 1. The number of carbonyl (C=O) groups excluding carboxylic acids is 1. The van der Waals surface area contributed by atoms with E-state index in [0.29, 0.717) is 6.54 Å². The van der Waals surface area contributed by atoms with Crippen LogP contribution in [-0.4, -0.2) is 41.0 Å². The molecule has 18 heavy (non-hydrogen) atoms. The molecule has 0 aliphatic carbocycles. The number of likely N-dealkylation sites (tertiary alicyclic amines) is 1. The van der Waals surface area contributed by atoms with Crippen molar-refractivity contribution in [2.24, 2.45) is 0 Å². The predicted octanol–water partition coefficient (Wildman–Crippen LogP) is 2.32. The number of carbonyl (C=O) groups is 1. The fourth-order valence-electron chi connectivity index (χ4n) is 2.12. The minimum Gasteiger partial charge on any atom is -0.390 e. The topological polar surface area (TPSA) is 40.5 Å². The summed E-state index contributed by atoms with van der Waals surface area (Å²) in [5, 5.41) is 9.86. The van der Waals surface area contributed by atoms with E-state index in [0.717, 1.165) is 35.1 Å². The number of Topliss-reactive ketones (excluding diaryl/α,β-unsaturated/α-hetero) is 1. The maximum Gasteiger partial charge on any atom is 0.176 e. The van der Waals surface area contributed by atoms with Gasteiger partial charge in [-0.2, -0.15) is 0 Å². The highest BCUT2D eigenvalue weighted by molar-refractivity contribution is 14.1. The third-order valence-electron chi connectivity index (χ3n) is 3.47. The normalized spacial score (nSPS) is 19.7. The number of aliphatic hydroxyl groups is 1. The first-order chi connectivity index (χ1) is 8.46. The molecule has 0 saturated carbocycles. The maximum absolute atomic E-state index is 12.1. The molecule has 0 spiro atoms. The van der Waals surface area contributed by atoms with Crippen molar-refractivity contribution in [3.63, 3.8) is 0 Å². The van der Waals surface area contributed by atoms with E-state index >= 15 is 0 Å². The Bertz CT molecular complexity index is 418. The lowest BCUT2D eigenvalue weighted by Crippen LogP contribution is -2.44. The number of piperidine rings is 1. The van der Waals surface area contributed by atoms with Crippen molar-refractivity contribution in [1.29, 1.82) is 0 Å². The van der Waals surface area contributed by atoms with Crippen LogP contribution in [0.3, 0.4) is 0 Å².